The number of anilines is 1. The van der Waals surface area contributed by atoms with Gasteiger partial charge in [-0.3, -0.25) is 0 Å². The molecule has 0 amide bonds. The Morgan fingerprint density at radius 2 is 2.32 bits per heavy atom. The Kier molecular flexibility index (Phi) is 4.57. The van der Waals surface area contributed by atoms with E-state index in [2.05, 4.69) is 22.2 Å². The average Bonchev–Trinajstić information content (AvgIpc) is 2.43. The van der Waals surface area contributed by atoms with Gasteiger partial charge in [-0.2, -0.15) is 11.8 Å². The lowest BCUT2D eigenvalue weighted by molar-refractivity contribution is 0.0697. The molecule has 1 aromatic carbocycles. The van der Waals surface area contributed by atoms with Crippen molar-refractivity contribution < 1.29 is 9.90 Å². The third-order valence-electron chi connectivity index (χ3n) is 2.56. The first-order valence-corrected chi connectivity index (χ1v) is 7.18. The highest BCUT2D eigenvalue weighted by atomic mass is 32.2. The molecular formula is C13H15N3O2S. The molecule has 0 aliphatic rings. The summed E-state index contributed by atoms with van der Waals surface area (Å²) in [5, 5.41) is 12.8. The molecule has 2 N–H and O–H groups in total. The zero-order chi connectivity index (χ0) is 13.7. The van der Waals surface area contributed by atoms with Gasteiger partial charge in [-0.05, 0) is 24.0 Å². The molecule has 0 unspecified atom stereocenters. The van der Waals surface area contributed by atoms with Crippen molar-refractivity contribution in [2.24, 2.45) is 0 Å². The van der Waals surface area contributed by atoms with E-state index in [-0.39, 0.29) is 5.56 Å². The molecule has 0 spiro atoms. The van der Waals surface area contributed by atoms with Crippen LogP contribution in [0.3, 0.4) is 0 Å². The molecule has 1 aromatic heterocycles. The van der Waals surface area contributed by atoms with E-state index in [0.29, 0.717) is 5.95 Å². The van der Waals surface area contributed by atoms with Gasteiger partial charge in [0.25, 0.3) is 0 Å². The van der Waals surface area contributed by atoms with Crippen molar-refractivity contribution in [1.29, 1.82) is 0 Å². The van der Waals surface area contributed by atoms with E-state index in [0.717, 1.165) is 29.0 Å². The Morgan fingerprint density at radius 3 is 3.05 bits per heavy atom. The molecule has 0 radical (unpaired) electrons. The van der Waals surface area contributed by atoms with Gasteiger partial charge < -0.3 is 10.4 Å². The third kappa shape index (κ3) is 3.57. The lowest BCUT2D eigenvalue weighted by Crippen LogP contribution is -2.07. The molecule has 0 saturated heterocycles. The Bertz CT molecular complexity index is 589. The second kappa shape index (κ2) is 6.38. The van der Waals surface area contributed by atoms with Crippen molar-refractivity contribution >= 4 is 34.6 Å². The molecule has 6 heteroatoms. The fourth-order valence-corrected chi connectivity index (χ4v) is 2.17. The molecule has 19 heavy (non-hydrogen) atoms. The molecule has 2 rings (SSSR count). The number of thioether (sulfide) groups is 1. The number of rotatable bonds is 6. The summed E-state index contributed by atoms with van der Waals surface area (Å²) >= 11 is 1.85. The monoisotopic (exact) mass is 277 g/mol. The number of hydrogen-bond donors (Lipinski definition) is 2. The highest BCUT2D eigenvalue weighted by Gasteiger charge is 2.05. The zero-order valence-corrected chi connectivity index (χ0v) is 11.4. The molecule has 0 aliphatic heterocycles. The van der Waals surface area contributed by atoms with Crippen molar-refractivity contribution in [3.05, 3.63) is 30.0 Å². The van der Waals surface area contributed by atoms with Crippen molar-refractivity contribution in [1.82, 2.24) is 9.97 Å². The second-order valence-electron chi connectivity index (χ2n) is 3.90. The summed E-state index contributed by atoms with van der Waals surface area (Å²) in [4.78, 5) is 19.4. The summed E-state index contributed by atoms with van der Waals surface area (Å²) in [7, 11) is 0. The summed E-state index contributed by atoms with van der Waals surface area (Å²) in [5.41, 5.74) is 0.988. The van der Waals surface area contributed by atoms with Crippen molar-refractivity contribution in [3.63, 3.8) is 0 Å². The van der Waals surface area contributed by atoms with Crippen LogP contribution in [-0.4, -0.2) is 39.1 Å². The van der Waals surface area contributed by atoms with Crippen molar-refractivity contribution in [3.8, 4) is 0 Å². The Hall–Kier alpha value is -1.82. The van der Waals surface area contributed by atoms with Gasteiger partial charge in [0.2, 0.25) is 5.95 Å². The predicted molar refractivity (Wildman–Crippen MR) is 78.0 cm³/mol. The minimum Gasteiger partial charge on any atom is -0.478 e. The number of fused-ring (bicyclic) bond motifs is 1. The van der Waals surface area contributed by atoms with E-state index in [1.165, 1.54) is 0 Å². The van der Waals surface area contributed by atoms with E-state index in [9.17, 15) is 4.79 Å². The number of carboxylic acids is 1. The molecule has 1 heterocycles. The number of carboxylic acid groups (broad SMARTS) is 1. The minimum absolute atomic E-state index is 0.246. The number of benzene rings is 1. The number of nitrogens with one attached hydrogen (secondary N) is 1. The molecule has 0 bridgehead atoms. The highest BCUT2D eigenvalue weighted by molar-refractivity contribution is 7.99. The first-order valence-electron chi connectivity index (χ1n) is 6.02. The van der Waals surface area contributed by atoms with E-state index >= 15 is 0 Å². The number of aromatic carboxylic acids is 1. The van der Waals surface area contributed by atoms with Gasteiger partial charge in [0.15, 0.2) is 0 Å². The topological polar surface area (TPSA) is 75.1 Å². The van der Waals surface area contributed by atoms with Gasteiger partial charge in [-0.15, -0.1) is 0 Å². The summed E-state index contributed by atoms with van der Waals surface area (Å²) < 4.78 is 0. The van der Waals surface area contributed by atoms with Crippen LogP contribution in [0.2, 0.25) is 0 Å². The molecule has 0 saturated carbocycles. The van der Waals surface area contributed by atoms with Crippen LogP contribution in [0, 0.1) is 0 Å². The first-order chi connectivity index (χ1) is 9.20. The number of carbonyl (C=O) groups is 1. The quantitative estimate of drug-likeness (QED) is 0.790. The largest absolute Gasteiger partial charge is 0.478 e. The molecule has 5 nitrogen and oxygen atoms in total. The molecule has 0 atom stereocenters. The Labute approximate surface area is 115 Å². The lowest BCUT2D eigenvalue weighted by Gasteiger charge is -2.05. The number of aromatic nitrogens is 2. The van der Waals surface area contributed by atoms with Crippen LogP contribution in [0.25, 0.3) is 10.9 Å². The lowest BCUT2D eigenvalue weighted by atomic mass is 10.1. The SMILES string of the molecule is CCSCCNc1ncc2cc(C(=O)O)ccc2n1. The van der Waals surface area contributed by atoms with Crippen LogP contribution >= 0.6 is 11.8 Å². The van der Waals surface area contributed by atoms with E-state index < -0.39 is 5.97 Å². The van der Waals surface area contributed by atoms with Crippen molar-refractivity contribution in [2.45, 2.75) is 6.92 Å². The van der Waals surface area contributed by atoms with Gasteiger partial charge in [0, 0.05) is 23.9 Å². The van der Waals surface area contributed by atoms with Gasteiger partial charge >= 0.3 is 5.97 Å². The van der Waals surface area contributed by atoms with Gasteiger partial charge in [0.1, 0.15) is 0 Å². The molecule has 100 valence electrons. The smallest absolute Gasteiger partial charge is 0.335 e. The van der Waals surface area contributed by atoms with E-state index in [1.807, 2.05) is 11.8 Å². The Morgan fingerprint density at radius 1 is 1.47 bits per heavy atom. The third-order valence-corrected chi connectivity index (χ3v) is 3.46. The van der Waals surface area contributed by atoms with Gasteiger partial charge in [-0.1, -0.05) is 6.92 Å². The maximum absolute atomic E-state index is 10.9. The second-order valence-corrected chi connectivity index (χ2v) is 5.29. The highest BCUT2D eigenvalue weighted by Crippen LogP contribution is 2.15. The fraction of sp³-hybridized carbons (Fsp3) is 0.308. The maximum atomic E-state index is 10.9. The Balaban J connectivity index is 2.12. The van der Waals surface area contributed by atoms with E-state index in [1.54, 1.807) is 24.4 Å². The molecular weight excluding hydrogens is 262 g/mol. The standard InChI is InChI=1S/C13H15N3O2S/c1-2-19-6-5-14-13-15-8-10-7-9(12(17)18)3-4-11(10)16-13/h3-4,7-8H,2,5-6H2,1H3,(H,17,18)(H,14,15,16). The zero-order valence-electron chi connectivity index (χ0n) is 10.6. The normalized spacial score (nSPS) is 10.6. The van der Waals surface area contributed by atoms with Crippen LogP contribution in [0.5, 0.6) is 0 Å². The molecule has 0 aliphatic carbocycles. The van der Waals surface area contributed by atoms with Gasteiger partial charge in [0.05, 0.1) is 11.1 Å². The summed E-state index contributed by atoms with van der Waals surface area (Å²) in [6.45, 7) is 2.94. The molecule has 2 aromatic rings. The van der Waals surface area contributed by atoms with Crippen LogP contribution in [-0.2, 0) is 0 Å². The number of nitrogens with zero attached hydrogens (tertiary/aromatic N) is 2. The minimum atomic E-state index is -0.944. The summed E-state index contributed by atoms with van der Waals surface area (Å²) in [5.74, 6) is 1.74. The van der Waals surface area contributed by atoms with Gasteiger partial charge in [-0.25, -0.2) is 14.8 Å². The predicted octanol–water partition coefficient (Wildman–Crippen LogP) is 2.49. The van der Waals surface area contributed by atoms with Crippen molar-refractivity contribution in [2.75, 3.05) is 23.4 Å². The van der Waals surface area contributed by atoms with Crippen LogP contribution in [0.1, 0.15) is 17.3 Å². The maximum Gasteiger partial charge on any atom is 0.335 e. The van der Waals surface area contributed by atoms with Crippen LogP contribution in [0.4, 0.5) is 5.95 Å². The van der Waals surface area contributed by atoms with E-state index in [4.69, 9.17) is 5.11 Å². The van der Waals surface area contributed by atoms with Crippen LogP contribution < -0.4 is 5.32 Å². The summed E-state index contributed by atoms with van der Waals surface area (Å²) in [6, 6.07) is 4.83. The average molecular weight is 277 g/mol. The fourth-order valence-electron chi connectivity index (χ4n) is 1.63. The number of hydrogen-bond acceptors (Lipinski definition) is 5. The molecule has 0 fully saturated rings. The first kappa shape index (κ1) is 13.6. The summed E-state index contributed by atoms with van der Waals surface area (Å²) in [6.07, 6.45) is 1.64. The van der Waals surface area contributed by atoms with Crippen LogP contribution in [0.15, 0.2) is 24.4 Å².